The lowest BCUT2D eigenvalue weighted by Crippen LogP contribution is -2.10. The van der Waals surface area contributed by atoms with Crippen LogP contribution in [0.15, 0.2) is 54.6 Å². The molecule has 0 spiro atoms. The maximum Gasteiger partial charge on any atom is 0.248 e. The van der Waals surface area contributed by atoms with Gasteiger partial charge in [0.2, 0.25) is 5.91 Å². The van der Waals surface area contributed by atoms with Crippen LogP contribution in [0.1, 0.15) is 23.7 Å². The van der Waals surface area contributed by atoms with Gasteiger partial charge in [-0.3, -0.25) is 4.79 Å². The highest BCUT2D eigenvalue weighted by atomic mass is 16.1. The van der Waals surface area contributed by atoms with E-state index in [1.54, 1.807) is 12.1 Å². The number of hydrogen-bond acceptors (Lipinski definition) is 2. The minimum atomic E-state index is -0.394. The van der Waals surface area contributed by atoms with Crippen molar-refractivity contribution >= 4 is 5.91 Å². The molecule has 0 saturated carbocycles. The highest BCUT2D eigenvalue weighted by molar-refractivity contribution is 5.93. The van der Waals surface area contributed by atoms with E-state index in [9.17, 15) is 4.79 Å². The van der Waals surface area contributed by atoms with E-state index in [1.165, 1.54) is 0 Å². The van der Waals surface area contributed by atoms with Crippen molar-refractivity contribution in [2.75, 3.05) is 6.54 Å². The molecule has 0 bridgehead atoms. The molecule has 0 atom stereocenters. The molecule has 0 aromatic heterocycles. The van der Waals surface area contributed by atoms with Gasteiger partial charge in [0.15, 0.2) is 0 Å². The smallest absolute Gasteiger partial charge is 0.248 e. The lowest BCUT2D eigenvalue weighted by Gasteiger charge is -2.01. The van der Waals surface area contributed by atoms with Crippen molar-refractivity contribution in [3.05, 3.63) is 60.2 Å². The molecule has 0 aliphatic carbocycles. The maximum atomic E-state index is 10.9. The molecule has 3 heteroatoms. The van der Waals surface area contributed by atoms with Crippen molar-refractivity contribution in [1.82, 2.24) is 0 Å². The predicted molar refractivity (Wildman–Crippen MR) is 79.7 cm³/mol. The summed E-state index contributed by atoms with van der Waals surface area (Å²) in [6, 6.07) is 17.3. The normalized spacial score (nSPS) is 9.37. The first kappa shape index (κ1) is 14.9. The first-order valence-corrected chi connectivity index (χ1v) is 6.34. The van der Waals surface area contributed by atoms with E-state index >= 15 is 0 Å². The van der Waals surface area contributed by atoms with Crippen LogP contribution in [0.3, 0.4) is 0 Å². The summed E-state index contributed by atoms with van der Waals surface area (Å²) in [5.74, 6) is -0.394. The fourth-order valence-electron chi connectivity index (χ4n) is 1.46. The quantitative estimate of drug-likeness (QED) is 0.886. The van der Waals surface area contributed by atoms with Crippen LogP contribution >= 0.6 is 0 Å². The number of carbonyl (C=O) groups is 1. The van der Waals surface area contributed by atoms with E-state index in [4.69, 9.17) is 11.5 Å². The van der Waals surface area contributed by atoms with E-state index < -0.39 is 5.91 Å². The molecule has 0 saturated heterocycles. The molecular weight excluding hydrogens is 236 g/mol. The summed E-state index contributed by atoms with van der Waals surface area (Å²) in [5.41, 5.74) is 12.9. The Morgan fingerprint density at radius 3 is 1.84 bits per heavy atom. The first-order valence-electron chi connectivity index (χ1n) is 6.34. The second-order valence-electron chi connectivity index (χ2n) is 4.10. The summed E-state index contributed by atoms with van der Waals surface area (Å²) in [7, 11) is 0. The minimum Gasteiger partial charge on any atom is -0.366 e. The average Bonchev–Trinajstić information content (AvgIpc) is 2.48. The van der Waals surface area contributed by atoms with Gasteiger partial charge in [-0.1, -0.05) is 49.4 Å². The predicted octanol–water partition coefficient (Wildman–Crippen LogP) is 2.81. The van der Waals surface area contributed by atoms with E-state index in [0.29, 0.717) is 5.56 Å². The highest BCUT2D eigenvalue weighted by Crippen LogP contribution is 2.18. The Labute approximate surface area is 114 Å². The molecule has 0 unspecified atom stereocenters. The third-order valence-electron chi connectivity index (χ3n) is 2.57. The molecule has 2 aromatic rings. The maximum absolute atomic E-state index is 10.9. The van der Waals surface area contributed by atoms with Crippen LogP contribution in [-0.2, 0) is 0 Å². The van der Waals surface area contributed by atoms with Gasteiger partial charge < -0.3 is 11.5 Å². The van der Waals surface area contributed by atoms with Gasteiger partial charge in [0.05, 0.1) is 0 Å². The summed E-state index contributed by atoms with van der Waals surface area (Å²) < 4.78 is 0. The van der Waals surface area contributed by atoms with E-state index in [2.05, 4.69) is 6.92 Å². The van der Waals surface area contributed by atoms with Crippen LogP contribution in [-0.4, -0.2) is 12.5 Å². The van der Waals surface area contributed by atoms with Crippen molar-refractivity contribution in [1.29, 1.82) is 0 Å². The van der Waals surface area contributed by atoms with Crippen molar-refractivity contribution in [3.8, 4) is 11.1 Å². The molecule has 4 N–H and O–H groups in total. The van der Waals surface area contributed by atoms with Gasteiger partial charge in [0, 0.05) is 5.56 Å². The van der Waals surface area contributed by atoms with Crippen molar-refractivity contribution in [3.63, 3.8) is 0 Å². The number of amides is 1. The van der Waals surface area contributed by atoms with Crippen LogP contribution in [0.5, 0.6) is 0 Å². The number of hydrogen-bond donors (Lipinski definition) is 2. The molecule has 0 aliphatic heterocycles. The SMILES string of the molecule is CCCN.NC(=O)c1ccc(-c2ccccc2)cc1. The molecule has 3 nitrogen and oxygen atoms in total. The molecule has 19 heavy (non-hydrogen) atoms. The van der Waals surface area contributed by atoms with Gasteiger partial charge in [-0.2, -0.15) is 0 Å². The Hall–Kier alpha value is -2.13. The van der Waals surface area contributed by atoms with Gasteiger partial charge >= 0.3 is 0 Å². The molecule has 0 heterocycles. The first-order chi connectivity index (χ1) is 9.19. The Morgan fingerprint density at radius 2 is 1.42 bits per heavy atom. The molecule has 0 fully saturated rings. The van der Waals surface area contributed by atoms with Gasteiger partial charge in [-0.05, 0) is 36.2 Å². The largest absolute Gasteiger partial charge is 0.366 e. The van der Waals surface area contributed by atoms with Crippen LogP contribution in [0.2, 0.25) is 0 Å². The van der Waals surface area contributed by atoms with Crippen molar-refractivity contribution < 1.29 is 4.79 Å². The number of rotatable bonds is 3. The van der Waals surface area contributed by atoms with Gasteiger partial charge in [0.25, 0.3) is 0 Å². The molecule has 2 rings (SSSR count). The van der Waals surface area contributed by atoms with Crippen LogP contribution < -0.4 is 11.5 Å². The monoisotopic (exact) mass is 256 g/mol. The Kier molecular flexibility index (Phi) is 6.33. The average molecular weight is 256 g/mol. The second kappa shape index (κ2) is 8.06. The fourth-order valence-corrected chi connectivity index (χ4v) is 1.46. The lowest BCUT2D eigenvalue weighted by atomic mass is 10.0. The molecular formula is C16H20N2O. The zero-order valence-electron chi connectivity index (χ0n) is 11.2. The third-order valence-corrected chi connectivity index (χ3v) is 2.57. The third kappa shape index (κ3) is 4.94. The standard InChI is InChI=1S/C13H11NO.C3H9N/c14-13(15)12-8-6-11(7-9-12)10-4-2-1-3-5-10;1-2-3-4/h1-9H,(H2,14,15);2-4H2,1H3. The number of primary amides is 1. The summed E-state index contributed by atoms with van der Waals surface area (Å²) >= 11 is 0. The molecule has 2 aromatic carbocycles. The van der Waals surface area contributed by atoms with Gasteiger partial charge in [0.1, 0.15) is 0 Å². The molecule has 100 valence electrons. The van der Waals surface area contributed by atoms with Crippen molar-refractivity contribution in [2.45, 2.75) is 13.3 Å². The Morgan fingerprint density at radius 1 is 0.947 bits per heavy atom. The van der Waals surface area contributed by atoms with Gasteiger partial charge in [-0.15, -0.1) is 0 Å². The number of carbonyl (C=O) groups excluding carboxylic acids is 1. The summed E-state index contributed by atoms with van der Waals surface area (Å²) in [4.78, 5) is 10.9. The Balaban J connectivity index is 0.000000399. The van der Waals surface area contributed by atoms with Crippen LogP contribution in [0.4, 0.5) is 0 Å². The zero-order chi connectivity index (χ0) is 14.1. The topological polar surface area (TPSA) is 69.1 Å². The fraction of sp³-hybridized carbons (Fsp3) is 0.188. The van der Waals surface area contributed by atoms with Gasteiger partial charge in [-0.25, -0.2) is 0 Å². The molecule has 0 aliphatic rings. The summed E-state index contributed by atoms with van der Waals surface area (Å²) in [5, 5.41) is 0. The van der Waals surface area contributed by atoms with Crippen LogP contribution in [0.25, 0.3) is 11.1 Å². The summed E-state index contributed by atoms with van der Waals surface area (Å²) in [6.07, 6.45) is 1.10. The second-order valence-corrected chi connectivity index (χ2v) is 4.10. The number of benzene rings is 2. The minimum absolute atomic E-state index is 0.394. The Bertz CT molecular complexity index is 490. The van der Waals surface area contributed by atoms with E-state index in [0.717, 1.165) is 24.1 Å². The van der Waals surface area contributed by atoms with Crippen LogP contribution in [0, 0.1) is 0 Å². The molecule has 1 amide bonds. The van der Waals surface area contributed by atoms with Crippen molar-refractivity contribution in [2.24, 2.45) is 11.5 Å². The summed E-state index contributed by atoms with van der Waals surface area (Å²) in [6.45, 7) is 2.88. The lowest BCUT2D eigenvalue weighted by molar-refractivity contribution is 0.100. The highest BCUT2D eigenvalue weighted by Gasteiger charge is 2.00. The van der Waals surface area contributed by atoms with E-state index in [1.807, 2.05) is 42.5 Å². The van der Waals surface area contributed by atoms with E-state index in [-0.39, 0.29) is 0 Å². The number of nitrogens with two attached hydrogens (primary N) is 2. The molecule has 0 radical (unpaired) electrons. The zero-order valence-corrected chi connectivity index (χ0v) is 11.2.